The maximum atomic E-state index is 12.5. The minimum absolute atomic E-state index is 0.216. The van der Waals surface area contributed by atoms with E-state index in [1.54, 1.807) is 0 Å². The molecule has 4 rings (SSSR count). The van der Waals surface area contributed by atoms with Gasteiger partial charge in [0.1, 0.15) is 0 Å². The number of carbonyl (C=O) groups is 1. The predicted molar refractivity (Wildman–Crippen MR) is 106 cm³/mol. The van der Waals surface area contributed by atoms with Crippen molar-refractivity contribution in [3.05, 3.63) is 11.6 Å². The molecule has 0 aromatic heterocycles. The minimum atomic E-state index is -4.68. The molecule has 1 N–H and O–H groups in total. The number of Topliss-reactive ketones (excluding diaryl/α,β-unsaturated/α-hetero) is 1. The van der Waals surface area contributed by atoms with Crippen molar-refractivity contribution in [1.82, 2.24) is 0 Å². The summed E-state index contributed by atoms with van der Waals surface area (Å²) in [4.78, 5) is 11.2. The van der Waals surface area contributed by atoms with Crippen LogP contribution in [0.3, 0.4) is 0 Å². The summed E-state index contributed by atoms with van der Waals surface area (Å²) in [6.07, 6.45) is 7.07. The van der Waals surface area contributed by atoms with Crippen molar-refractivity contribution in [3.8, 4) is 0 Å². The average molecular weight is 413 g/mol. The zero-order valence-electron chi connectivity index (χ0n) is 17.7. The largest absolute Gasteiger partial charge is 0.449 e. The maximum Gasteiger partial charge on any atom is 0.449 e. The molecule has 4 aliphatic carbocycles. The Bertz CT molecular complexity index is 680. The summed E-state index contributed by atoms with van der Waals surface area (Å²) in [5, 5.41) is 10.5. The maximum absolute atomic E-state index is 12.5. The number of aliphatic hydroxyl groups is 1. The van der Waals surface area contributed by atoms with Gasteiger partial charge in [-0.1, -0.05) is 18.6 Å². The molecule has 0 aromatic rings. The molecule has 164 valence electrons. The molecule has 29 heavy (non-hydrogen) atoms. The Labute approximate surface area is 172 Å². The van der Waals surface area contributed by atoms with Crippen LogP contribution < -0.4 is 0 Å². The topological polar surface area (TPSA) is 37.3 Å². The van der Waals surface area contributed by atoms with Crippen molar-refractivity contribution in [2.45, 2.75) is 96.3 Å². The molecule has 5 heteroatoms. The van der Waals surface area contributed by atoms with Crippen molar-refractivity contribution >= 4 is 5.78 Å². The molecule has 0 aromatic carbocycles. The van der Waals surface area contributed by atoms with Gasteiger partial charge >= 0.3 is 6.18 Å². The molecule has 0 radical (unpaired) electrons. The Hall–Kier alpha value is -0.840. The number of hydrogen-bond donors (Lipinski definition) is 1. The van der Waals surface area contributed by atoms with Crippen LogP contribution in [0.25, 0.3) is 0 Å². The highest BCUT2D eigenvalue weighted by Gasteiger charge is 2.55. The van der Waals surface area contributed by atoms with Gasteiger partial charge in [-0.3, -0.25) is 4.79 Å². The van der Waals surface area contributed by atoms with Crippen LogP contribution in [0, 0.1) is 35.0 Å². The minimum Gasteiger partial charge on any atom is -0.390 e. The second kappa shape index (κ2) is 7.39. The molecule has 4 aliphatic rings. The first-order valence-electron chi connectivity index (χ1n) is 11.5. The number of alkyl halides is 3. The van der Waals surface area contributed by atoms with Gasteiger partial charge in [-0.2, -0.15) is 13.2 Å². The second-order valence-electron chi connectivity index (χ2n) is 10.9. The summed E-state index contributed by atoms with van der Waals surface area (Å²) in [6, 6.07) is 0. The molecule has 4 unspecified atom stereocenters. The number of fused-ring (bicyclic) bond motifs is 5. The van der Waals surface area contributed by atoms with Crippen LogP contribution in [0.1, 0.15) is 84.5 Å². The van der Waals surface area contributed by atoms with E-state index in [9.17, 15) is 23.1 Å². The van der Waals surface area contributed by atoms with E-state index in [1.807, 2.05) is 6.92 Å². The standard InChI is InChI=1S/C24H35F3O2/c1-22(29)12-13-23(2)16(14-22)7-9-19-18-8-6-15(17(18)10-11-20(19)23)4-3-5-21(28)24(25,26)27/h7,15,17-20,29H,3-6,8-14H2,1-2H3/t15-,17?,18?,19?,20?,22-,23-/m0/s1. The summed E-state index contributed by atoms with van der Waals surface area (Å²) in [5.41, 5.74) is 1.11. The molecule has 7 atom stereocenters. The van der Waals surface area contributed by atoms with E-state index >= 15 is 0 Å². The summed E-state index contributed by atoms with van der Waals surface area (Å²) in [6.45, 7) is 4.38. The fraction of sp³-hybridized carbons (Fsp3) is 0.875. The van der Waals surface area contributed by atoms with Gasteiger partial charge in [0.05, 0.1) is 5.60 Å². The fourth-order valence-electron chi connectivity index (χ4n) is 7.60. The Balaban J connectivity index is 1.40. The Morgan fingerprint density at radius 1 is 1.10 bits per heavy atom. The third-order valence-corrected chi connectivity index (χ3v) is 9.14. The third kappa shape index (κ3) is 3.93. The molecule has 3 saturated carbocycles. The van der Waals surface area contributed by atoms with E-state index in [0.717, 1.165) is 38.5 Å². The van der Waals surface area contributed by atoms with Crippen molar-refractivity contribution in [1.29, 1.82) is 0 Å². The molecule has 2 nitrogen and oxygen atoms in total. The van der Waals surface area contributed by atoms with E-state index < -0.39 is 17.6 Å². The molecular formula is C24H35F3O2. The molecule has 0 saturated heterocycles. The zero-order valence-corrected chi connectivity index (χ0v) is 17.7. The Morgan fingerprint density at radius 3 is 2.55 bits per heavy atom. The van der Waals surface area contributed by atoms with E-state index in [1.165, 1.54) is 24.8 Å². The van der Waals surface area contributed by atoms with Crippen LogP contribution in [0.5, 0.6) is 0 Å². The lowest BCUT2D eigenvalue weighted by atomic mass is 9.49. The van der Waals surface area contributed by atoms with Gasteiger partial charge in [0.15, 0.2) is 0 Å². The van der Waals surface area contributed by atoms with E-state index in [-0.39, 0.29) is 11.8 Å². The van der Waals surface area contributed by atoms with Crippen molar-refractivity contribution in [2.75, 3.05) is 0 Å². The summed E-state index contributed by atoms with van der Waals surface area (Å²) >= 11 is 0. The predicted octanol–water partition coefficient (Wildman–Crippen LogP) is 6.23. The van der Waals surface area contributed by atoms with Crippen LogP contribution in [0.2, 0.25) is 0 Å². The van der Waals surface area contributed by atoms with Gasteiger partial charge in [0.25, 0.3) is 0 Å². The van der Waals surface area contributed by atoms with Gasteiger partial charge in [-0.15, -0.1) is 0 Å². The SMILES string of the molecule is C[C@]1(O)CC[C@@]2(C)C(=CCC3C4CC[C@H](CCCC(=O)C(F)(F)F)C4CCC32)C1. The lowest BCUT2D eigenvalue weighted by Gasteiger charge is -2.56. The molecular weight excluding hydrogens is 377 g/mol. The number of hydrogen-bond acceptors (Lipinski definition) is 2. The van der Waals surface area contributed by atoms with Gasteiger partial charge in [0, 0.05) is 6.42 Å². The smallest absolute Gasteiger partial charge is 0.390 e. The first-order chi connectivity index (χ1) is 13.5. The van der Waals surface area contributed by atoms with Crippen LogP contribution in [0.4, 0.5) is 13.2 Å². The number of allylic oxidation sites excluding steroid dienone is 1. The zero-order chi connectivity index (χ0) is 21.0. The van der Waals surface area contributed by atoms with Crippen molar-refractivity contribution in [3.63, 3.8) is 0 Å². The fourth-order valence-corrected chi connectivity index (χ4v) is 7.60. The van der Waals surface area contributed by atoms with E-state index in [0.29, 0.717) is 36.0 Å². The van der Waals surface area contributed by atoms with E-state index in [2.05, 4.69) is 13.0 Å². The van der Waals surface area contributed by atoms with Gasteiger partial charge in [-0.25, -0.2) is 0 Å². The molecule has 0 amide bonds. The van der Waals surface area contributed by atoms with Crippen molar-refractivity contribution < 1.29 is 23.1 Å². The average Bonchev–Trinajstić information content (AvgIpc) is 3.04. The van der Waals surface area contributed by atoms with Crippen LogP contribution in [-0.4, -0.2) is 22.7 Å². The summed E-state index contributed by atoms with van der Waals surface area (Å²) in [5.74, 6) is 1.61. The lowest BCUT2D eigenvalue weighted by molar-refractivity contribution is -0.171. The number of rotatable bonds is 4. The Morgan fingerprint density at radius 2 is 1.83 bits per heavy atom. The first kappa shape index (κ1) is 21.4. The quantitative estimate of drug-likeness (QED) is 0.556. The first-order valence-corrected chi connectivity index (χ1v) is 11.5. The van der Waals surface area contributed by atoms with Crippen molar-refractivity contribution in [2.24, 2.45) is 35.0 Å². The molecule has 0 heterocycles. The molecule has 0 bridgehead atoms. The Kier molecular flexibility index (Phi) is 5.45. The third-order valence-electron chi connectivity index (χ3n) is 9.14. The number of ketones is 1. The summed E-state index contributed by atoms with van der Waals surface area (Å²) in [7, 11) is 0. The second-order valence-corrected chi connectivity index (χ2v) is 10.9. The van der Waals surface area contributed by atoms with Crippen LogP contribution in [-0.2, 0) is 4.79 Å². The normalized spacial score (nSPS) is 44.5. The van der Waals surface area contributed by atoms with Gasteiger partial charge in [0.2, 0.25) is 5.78 Å². The summed E-state index contributed by atoms with van der Waals surface area (Å²) < 4.78 is 37.4. The van der Waals surface area contributed by atoms with E-state index in [4.69, 9.17) is 0 Å². The molecule has 0 spiro atoms. The number of carbonyl (C=O) groups excluding carboxylic acids is 1. The monoisotopic (exact) mass is 412 g/mol. The highest BCUT2D eigenvalue weighted by atomic mass is 19.4. The van der Waals surface area contributed by atoms with Gasteiger partial charge in [-0.05, 0) is 106 Å². The van der Waals surface area contributed by atoms with Gasteiger partial charge < -0.3 is 5.11 Å². The van der Waals surface area contributed by atoms with Crippen LogP contribution in [0.15, 0.2) is 11.6 Å². The highest BCUT2D eigenvalue weighted by molar-refractivity contribution is 5.83. The molecule has 0 aliphatic heterocycles. The number of halogens is 3. The molecule has 3 fully saturated rings. The van der Waals surface area contributed by atoms with Crippen LogP contribution >= 0.6 is 0 Å². The lowest BCUT2D eigenvalue weighted by Crippen LogP contribution is -2.49. The highest BCUT2D eigenvalue weighted by Crippen LogP contribution is 2.63.